The van der Waals surface area contributed by atoms with Crippen LogP contribution in [-0.4, -0.2) is 38.1 Å². The van der Waals surface area contributed by atoms with Crippen molar-refractivity contribution in [2.45, 2.75) is 6.92 Å². The molecule has 0 spiro atoms. The summed E-state index contributed by atoms with van der Waals surface area (Å²) < 4.78 is 11.3. The number of hydrogen-bond donors (Lipinski definition) is 2. The normalized spacial score (nSPS) is 10.3. The first kappa shape index (κ1) is 26.3. The molecule has 0 aliphatic carbocycles. The minimum atomic E-state index is -0.193. The minimum Gasteiger partial charge on any atom is -0.490 e. The fourth-order valence-electron chi connectivity index (χ4n) is 3.80. The molecule has 7 heteroatoms. The zero-order chi connectivity index (χ0) is 26.6. The quantitative estimate of drug-likeness (QED) is 0.234. The highest BCUT2D eigenvalue weighted by molar-refractivity contribution is 6.06. The maximum absolute atomic E-state index is 12.9. The predicted molar refractivity (Wildman–Crippen MR) is 151 cm³/mol. The first-order chi connectivity index (χ1) is 18.6. The van der Waals surface area contributed by atoms with E-state index >= 15 is 0 Å². The van der Waals surface area contributed by atoms with Crippen LogP contribution in [0.5, 0.6) is 11.5 Å². The summed E-state index contributed by atoms with van der Waals surface area (Å²) in [4.78, 5) is 27.1. The van der Waals surface area contributed by atoms with E-state index in [2.05, 4.69) is 10.6 Å². The van der Waals surface area contributed by atoms with Crippen LogP contribution in [0.25, 0.3) is 0 Å². The number of nitrogens with zero attached hydrogens (tertiary/aromatic N) is 1. The molecule has 4 aromatic rings. The van der Waals surface area contributed by atoms with Gasteiger partial charge in [0, 0.05) is 29.2 Å². The van der Waals surface area contributed by atoms with Crippen LogP contribution in [0, 0.1) is 0 Å². The number of amides is 2. The van der Waals surface area contributed by atoms with Gasteiger partial charge in [-0.3, -0.25) is 9.59 Å². The molecule has 0 aliphatic heterocycles. The Morgan fingerprint density at radius 3 is 1.84 bits per heavy atom. The number of ether oxygens (including phenoxy) is 2. The lowest BCUT2D eigenvalue weighted by atomic mass is 10.1. The number of carbonyl (C=O) groups is 2. The number of rotatable bonds is 12. The maximum atomic E-state index is 12.9. The molecule has 4 rings (SSSR count). The second-order valence-electron chi connectivity index (χ2n) is 8.40. The maximum Gasteiger partial charge on any atom is 0.258 e. The highest BCUT2D eigenvalue weighted by Crippen LogP contribution is 2.19. The van der Waals surface area contributed by atoms with Crippen molar-refractivity contribution in [1.82, 2.24) is 0 Å². The molecule has 0 aromatic heterocycles. The lowest BCUT2D eigenvalue weighted by molar-refractivity contribution is -0.114. The average Bonchev–Trinajstić information content (AvgIpc) is 2.97. The van der Waals surface area contributed by atoms with E-state index in [4.69, 9.17) is 9.47 Å². The van der Waals surface area contributed by atoms with Crippen molar-refractivity contribution in [3.8, 4) is 11.5 Å². The molecule has 0 bridgehead atoms. The third kappa shape index (κ3) is 7.61. The summed E-state index contributed by atoms with van der Waals surface area (Å²) in [6, 6.07) is 33.4. The SMILES string of the molecule is CCN(C(=O)c1ccc(NC(=O)CNc2ccc(OCCOc3ccccc3)cc2)cc1)c1ccccc1. The molecule has 0 unspecified atom stereocenters. The van der Waals surface area contributed by atoms with E-state index in [0.717, 1.165) is 22.9 Å². The van der Waals surface area contributed by atoms with Crippen LogP contribution in [0.1, 0.15) is 17.3 Å². The number of nitrogens with one attached hydrogen (secondary N) is 2. The van der Waals surface area contributed by atoms with Gasteiger partial charge in [0.15, 0.2) is 0 Å². The Balaban J connectivity index is 1.20. The molecule has 194 valence electrons. The molecule has 0 atom stereocenters. The number of carbonyl (C=O) groups excluding carboxylic acids is 2. The largest absolute Gasteiger partial charge is 0.490 e. The van der Waals surface area contributed by atoms with E-state index < -0.39 is 0 Å². The van der Waals surface area contributed by atoms with Crippen LogP contribution >= 0.6 is 0 Å². The van der Waals surface area contributed by atoms with Gasteiger partial charge in [0.25, 0.3) is 5.91 Å². The van der Waals surface area contributed by atoms with E-state index in [1.165, 1.54) is 0 Å². The molecule has 2 N–H and O–H groups in total. The van der Waals surface area contributed by atoms with Gasteiger partial charge in [-0.25, -0.2) is 0 Å². The fraction of sp³-hybridized carbons (Fsp3) is 0.161. The molecule has 0 aliphatic rings. The molecule has 0 heterocycles. The Hall–Kier alpha value is -4.78. The van der Waals surface area contributed by atoms with Gasteiger partial charge in [-0.1, -0.05) is 36.4 Å². The fourth-order valence-corrected chi connectivity index (χ4v) is 3.80. The Morgan fingerprint density at radius 1 is 0.684 bits per heavy atom. The highest BCUT2D eigenvalue weighted by atomic mass is 16.5. The molecule has 4 aromatic carbocycles. The van der Waals surface area contributed by atoms with Crippen LogP contribution in [0.15, 0.2) is 109 Å². The number of benzene rings is 4. The molecule has 0 saturated heterocycles. The Labute approximate surface area is 223 Å². The molecule has 0 saturated carbocycles. The van der Waals surface area contributed by atoms with Crippen molar-refractivity contribution in [2.75, 3.05) is 41.8 Å². The molecular weight excluding hydrogens is 478 g/mol. The first-order valence-corrected chi connectivity index (χ1v) is 12.5. The summed E-state index contributed by atoms with van der Waals surface area (Å²) in [6.45, 7) is 3.47. The van der Waals surface area contributed by atoms with E-state index in [1.54, 1.807) is 29.2 Å². The van der Waals surface area contributed by atoms with Crippen LogP contribution in [0.4, 0.5) is 17.1 Å². The van der Waals surface area contributed by atoms with Crippen molar-refractivity contribution >= 4 is 28.9 Å². The van der Waals surface area contributed by atoms with Crippen LogP contribution in [0.2, 0.25) is 0 Å². The summed E-state index contributed by atoms with van der Waals surface area (Å²) in [7, 11) is 0. The number of para-hydroxylation sites is 2. The van der Waals surface area contributed by atoms with Crippen molar-refractivity contribution in [1.29, 1.82) is 0 Å². The van der Waals surface area contributed by atoms with E-state index in [1.807, 2.05) is 91.9 Å². The molecule has 7 nitrogen and oxygen atoms in total. The second kappa shape index (κ2) is 13.5. The number of anilines is 3. The van der Waals surface area contributed by atoms with E-state index in [-0.39, 0.29) is 18.4 Å². The second-order valence-corrected chi connectivity index (χ2v) is 8.40. The Bertz CT molecular complexity index is 1290. The summed E-state index contributed by atoms with van der Waals surface area (Å²) >= 11 is 0. The first-order valence-electron chi connectivity index (χ1n) is 12.5. The third-order valence-electron chi connectivity index (χ3n) is 5.72. The number of hydrogen-bond acceptors (Lipinski definition) is 5. The molecular formula is C31H31N3O4. The smallest absolute Gasteiger partial charge is 0.258 e. The van der Waals surface area contributed by atoms with Crippen molar-refractivity contribution < 1.29 is 19.1 Å². The summed E-state index contributed by atoms with van der Waals surface area (Å²) in [5.74, 6) is 1.25. The van der Waals surface area contributed by atoms with Crippen LogP contribution in [0.3, 0.4) is 0 Å². The zero-order valence-electron chi connectivity index (χ0n) is 21.3. The van der Waals surface area contributed by atoms with Gasteiger partial charge in [0.1, 0.15) is 24.7 Å². The highest BCUT2D eigenvalue weighted by Gasteiger charge is 2.16. The third-order valence-corrected chi connectivity index (χ3v) is 5.72. The van der Waals surface area contributed by atoms with Crippen molar-refractivity contribution in [3.05, 3.63) is 115 Å². The monoisotopic (exact) mass is 509 g/mol. The van der Waals surface area contributed by atoms with Crippen LogP contribution in [-0.2, 0) is 4.79 Å². The van der Waals surface area contributed by atoms with Gasteiger partial charge in [-0.05, 0) is 79.7 Å². The van der Waals surface area contributed by atoms with Gasteiger partial charge < -0.3 is 25.0 Å². The van der Waals surface area contributed by atoms with E-state index in [9.17, 15) is 9.59 Å². The topological polar surface area (TPSA) is 79.9 Å². The Morgan fingerprint density at radius 2 is 1.24 bits per heavy atom. The van der Waals surface area contributed by atoms with E-state index in [0.29, 0.717) is 31.0 Å². The van der Waals surface area contributed by atoms with Gasteiger partial charge in [-0.15, -0.1) is 0 Å². The van der Waals surface area contributed by atoms with Gasteiger partial charge >= 0.3 is 0 Å². The molecule has 38 heavy (non-hydrogen) atoms. The minimum absolute atomic E-state index is 0.0885. The predicted octanol–water partition coefficient (Wildman–Crippen LogP) is 5.86. The molecule has 0 radical (unpaired) electrons. The van der Waals surface area contributed by atoms with Gasteiger partial charge in [-0.2, -0.15) is 0 Å². The standard InChI is InChI=1S/C31H31N3O4/c1-2-34(27-9-5-3-6-10-27)31(36)24-13-15-26(16-14-24)33-30(35)23-32-25-17-19-29(20-18-25)38-22-21-37-28-11-7-4-8-12-28/h3-20,32H,2,21-23H2,1H3,(H,33,35). The van der Waals surface area contributed by atoms with Gasteiger partial charge in [0.2, 0.25) is 5.91 Å². The average molecular weight is 510 g/mol. The summed E-state index contributed by atoms with van der Waals surface area (Å²) in [5, 5.41) is 5.95. The van der Waals surface area contributed by atoms with Crippen molar-refractivity contribution in [3.63, 3.8) is 0 Å². The lowest BCUT2D eigenvalue weighted by Gasteiger charge is -2.21. The summed E-state index contributed by atoms with van der Waals surface area (Å²) in [6.07, 6.45) is 0. The van der Waals surface area contributed by atoms with Crippen LogP contribution < -0.4 is 25.0 Å². The van der Waals surface area contributed by atoms with Crippen molar-refractivity contribution in [2.24, 2.45) is 0 Å². The summed E-state index contributed by atoms with van der Waals surface area (Å²) in [5.41, 5.74) is 2.83. The van der Waals surface area contributed by atoms with Gasteiger partial charge in [0.05, 0.1) is 6.54 Å². The Kier molecular flexibility index (Phi) is 9.34. The molecule has 0 fully saturated rings. The lowest BCUT2D eigenvalue weighted by Crippen LogP contribution is -2.30. The molecule has 2 amide bonds. The zero-order valence-corrected chi connectivity index (χ0v) is 21.3.